The van der Waals surface area contributed by atoms with Gasteiger partial charge in [0.1, 0.15) is 0 Å². The summed E-state index contributed by atoms with van der Waals surface area (Å²) in [5.41, 5.74) is 0.0562. The van der Waals surface area contributed by atoms with Gasteiger partial charge in [0.15, 0.2) is 0 Å². The fourth-order valence-electron chi connectivity index (χ4n) is 0.729. The molecule has 0 saturated carbocycles. The molecule has 0 fully saturated rings. The van der Waals surface area contributed by atoms with Gasteiger partial charge in [0.2, 0.25) is 0 Å². The number of hydrogen-bond acceptors (Lipinski definition) is 2. The topological polar surface area (TPSA) is 9.23 Å². The smallest absolute Gasteiger partial charge is 0.0782 e. The van der Waals surface area contributed by atoms with Crippen LogP contribution in [0, 0.1) is 0 Å². The molecular formula is C6H13IOS. The second kappa shape index (κ2) is 4.79. The van der Waals surface area contributed by atoms with E-state index in [4.69, 9.17) is 4.18 Å². The Morgan fingerprint density at radius 1 is 1.56 bits per heavy atom. The maximum atomic E-state index is 5.37. The van der Waals surface area contributed by atoms with Crippen LogP contribution in [0.3, 0.4) is 0 Å². The van der Waals surface area contributed by atoms with E-state index < -0.39 is 0 Å². The minimum Gasteiger partial charge on any atom is -0.299 e. The van der Waals surface area contributed by atoms with Crippen LogP contribution in [0.5, 0.6) is 0 Å². The average Bonchev–Trinajstić information content (AvgIpc) is 1.64. The van der Waals surface area contributed by atoms with Gasteiger partial charge in [-0.3, -0.25) is 4.18 Å². The Morgan fingerprint density at radius 2 is 2.11 bits per heavy atom. The Bertz CT molecular complexity index is 67.5. The van der Waals surface area contributed by atoms with Gasteiger partial charge in [-0.1, -0.05) is 13.3 Å². The van der Waals surface area contributed by atoms with Crippen molar-refractivity contribution >= 4 is 30.4 Å². The normalized spacial score (nSPS) is 12.0. The zero-order valence-electron chi connectivity index (χ0n) is 6.11. The zero-order valence-corrected chi connectivity index (χ0v) is 9.08. The zero-order chi connectivity index (χ0) is 7.33. The first-order valence-corrected chi connectivity index (χ1v) is 6.37. The van der Waals surface area contributed by atoms with Gasteiger partial charge in [-0.15, -0.1) is 0 Å². The Morgan fingerprint density at radius 3 is 2.44 bits per heavy atom. The molecule has 0 aliphatic carbocycles. The van der Waals surface area contributed by atoms with Crippen molar-refractivity contribution in [3.8, 4) is 0 Å². The van der Waals surface area contributed by atoms with E-state index in [-0.39, 0.29) is 5.60 Å². The largest absolute Gasteiger partial charge is 0.299 e. The maximum absolute atomic E-state index is 5.37. The van der Waals surface area contributed by atoms with Gasteiger partial charge in [-0.05, 0) is 20.3 Å². The lowest BCUT2D eigenvalue weighted by atomic mass is 10.0. The van der Waals surface area contributed by atoms with Crippen LogP contribution < -0.4 is 0 Å². The second-order valence-corrected chi connectivity index (χ2v) is 4.03. The summed E-state index contributed by atoms with van der Waals surface area (Å²) < 4.78 is 5.37. The molecule has 0 aliphatic rings. The Labute approximate surface area is 73.7 Å². The lowest BCUT2D eigenvalue weighted by molar-refractivity contribution is 0.132. The van der Waals surface area contributed by atoms with E-state index in [1.807, 2.05) is 0 Å². The van der Waals surface area contributed by atoms with Crippen molar-refractivity contribution in [2.75, 3.05) is 0 Å². The molecule has 0 radical (unpaired) electrons. The molecule has 3 heteroatoms. The molecular weight excluding hydrogens is 247 g/mol. The predicted molar refractivity (Wildman–Crippen MR) is 51.7 cm³/mol. The molecule has 0 spiro atoms. The average molecular weight is 260 g/mol. The van der Waals surface area contributed by atoms with Gasteiger partial charge in [0, 0.05) is 21.2 Å². The quantitative estimate of drug-likeness (QED) is 0.564. The number of halogens is 1. The highest BCUT2D eigenvalue weighted by Gasteiger charge is 2.16. The molecule has 0 aromatic rings. The summed E-state index contributed by atoms with van der Waals surface area (Å²) in [4.78, 5) is 0. The lowest BCUT2D eigenvalue weighted by Crippen LogP contribution is -2.19. The van der Waals surface area contributed by atoms with Gasteiger partial charge in [0.25, 0.3) is 0 Å². The standard InChI is InChI=1S/C6H13IOS/c1-4-5-6(2,3)8-9-7/h4-5H2,1-3H3. The van der Waals surface area contributed by atoms with E-state index in [0.29, 0.717) is 0 Å². The molecule has 0 atom stereocenters. The summed E-state index contributed by atoms with van der Waals surface area (Å²) in [6, 6.07) is 0. The molecule has 56 valence electrons. The highest BCUT2D eigenvalue weighted by Crippen LogP contribution is 2.26. The highest BCUT2D eigenvalue weighted by molar-refractivity contribution is 14.2. The van der Waals surface area contributed by atoms with Crippen molar-refractivity contribution in [1.29, 1.82) is 0 Å². The Kier molecular flexibility index (Phi) is 5.35. The van der Waals surface area contributed by atoms with Crippen LogP contribution in [0.2, 0.25) is 0 Å². The van der Waals surface area contributed by atoms with E-state index in [2.05, 4.69) is 42.0 Å². The Hall–Kier alpha value is 1.04. The van der Waals surface area contributed by atoms with Crippen molar-refractivity contribution in [2.24, 2.45) is 0 Å². The first-order chi connectivity index (χ1) is 4.12. The fourth-order valence-corrected chi connectivity index (χ4v) is 2.44. The molecule has 0 bridgehead atoms. The van der Waals surface area contributed by atoms with Gasteiger partial charge in [-0.2, -0.15) is 0 Å². The van der Waals surface area contributed by atoms with E-state index in [9.17, 15) is 0 Å². The van der Waals surface area contributed by atoms with E-state index in [1.54, 1.807) is 0 Å². The fraction of sp³-hybridized carbons (Fsp3) is 1.00. The van der Waals surface area contributed by atoms with Crippen LogP contribution in [0.1, 0.15) is 33.6 Å². The molecule has 0 saturated heterocycles. The highest BCUT2D eigenvalue weighted by atomic mass is 127. The van der Waals surface area contributed by atoms with E-state index >= 15 is 0 Å². The van der Waals surface area contributed by atoms with Crippen LogP contribution in [0.15, 0.2) is 0 Å². The SMILES string of the molecule is CCCC(C)(C)OSI. The molecule has 0 aliphatic heterocycles. The molecule has 0 unspecified atom stereocenters. The van der Waals surface area contributed by atoms with Crippen molar-refractivity contribution in [1.82, 2.24) is 0 Å². The van der Waals surface area contributed by atoms with Crippen LogP contribution in [-0.4, -0.2) is 5.60 Å². The third-order valence-electron chi connectivity index (χ3n) is 1.11. The van der Waals surface area contributed by atoms with Crippen LogP contribution in [0.25, 0.3) is 0 Å². The summed E-state index contributed by atoms with van der Waals surface area (Å²) in [5.74, 6) is 0. The molecule has 0 aromatic carbocycles. The number of rotatable bonds is 4. The summed E-state index contributed by atoms with van der Waals surface area (Å²) in [6.07, 6.45) is 2.31. The lowest BCUT2D eigenvalue weighted by Gasteiger charge is -2.21. The predicted octanol–water partition coefficient (Wildman–Crippen LogP) is 3.58. The molecule has 0 heterocycles. The minimum atomic E-state index is 0.0562. The van der Waals surface area contributed by atoms with Crippen LogP contribution >= 0.6 is 30.4 Å². The van der Waals surface area contributed by atoms with Gasteiger partial charge in [0.05, 0.1) is 14.8 Å². The third kappa shape index (κ3) is 5.48. The monoisotopic (exact) mass is 260 g/mol. The summed E-state index contributed by atoms with van der Waals surface area (Å²) >= 11 is 2.15. The van der Waals surface area contributed by atoms with Gasteiger partial charge >= 0.3 is 0 Å². The van der Waals surface area contributed by atoms with Gasteiger partial charge < -0.3 is 0 Å². The van der Waals surface area contributed by atoms with Crippen molar-refractivity contribution in [3.05, 3.63) is 0 Å². The molecule has 0 rings (SSSR count). The molecule has 0 aromatic heterocycles. The molecule has 1 nitrogen and oxygen atoms in total. The van der Waals surface area contributed by atoms with E-state index in [0.717, 1.165) is 6.42 Å². The van der Waals surface area contributed by atoms with Crippen molar-refractivity contribution in [2.45, 2.75) is 39.2 Å². The minimum absolute atomic E-state index is 0.0562. The summed E-state index contributed by atoms with van der Waals surface area (Å²) in [5, 5.41) is 0. The van der Waals surface area contributed by atoms with Gasteiger partial charge in [-0.25, -0.2) is 0 Å². The first-order valence-electron chi connectivity index (χ1n) is 3.09. The third-order valence-corrected chi connectivity index (χ3v) is 2.16. The van der Waals surface area contributed by atoms with Crippen molar-refractivity contribution < 1.29 is 4.18 Å². The first kappa shape index (κ1) is 10.0. The molecule has 9 heavy (non-hydrogen) atoms. The summed E-state index contributed by atoms with van der Waals surface area (Å²) in [6.45, 7) is 6.40. The molecule has 0 amide bonds. The van der Waals surface area contributed by atoms with Crippen LogP contribution in [0.4, 0.5) is 0 Å². The van der Waals surface area contributed by atoms with Crippen molar-refractivity contribution in [3.63, 3.8) is 0 Å². The van der Waals surface area contributed by atoms with E-state index in [1.165, 1.54) is 15.6 Å². The summed E-state index contributed by atoms with van der Waals surface area (Å²) in [7, 11) is 1.42. The molecule has 0 N–H and O–H groups in total. The second-order valence-electron chi connectivity index (χ2n) is 2.66. The van der Waals surface area contributed by atoms with Crippen LogP contribution in [-0.2, 0) is 4.18 Å². The number of hydrogen-bond donors (Lipinski definition) is 0. The Balaban J connectivity index is 3.43. The maximum Gasteiger partial charge on any atom is 0.0782 e.